The monoisotopic (exact) mass is 575 g/mol. The van der Waals surface area contributed by atoms with Crippen LogP contribution >= 0.6 is 27.7 Å². The number of aromatic nitrogens is 2. The van der Waals surface area contributed by atoms with Gasteiger partial charge in [-0.3, -0.25) is 14.2 Å². The van der Waals surface area contributed by atoms with Gasteiger partial charge in [-0.05, 0) is 87.3 Å². The van der Waals surface area contributed by atoms with Gasteiger partial charge in [-0.1, -0.05) is 23.9 Å². The van der Waals surface area contributed by atoms with Gasteiger partial charge in [0.15, 0.2) is 5.16 Å². The molecule has 0 amide bonds. The lowest BCUT2D eigenvalue weighted by Gasteiger charge is -2.35. The highest BCUT2D eigenvalue weighted by Gasteiger charge is 2.37. The molecule has 2 atom stereocenters. The summed E-state index contributed by atoms with van der Waals surface area (Å²) in [4.78, 5) is 29.6. The Balaban J connectivity index is 2.40. The second-order valence-corrected chi connectivity index (χ2v) is 12.4. The van der Waals surface area contributed by atoms with Gasteiger partial charge in [0.2, 0.25) is 0 Å². The first-order valence-corrected chi connectivity index (χ1v) is 13.9. The molecular formula is C23H31BrFN3O4S2. The van der Waals surface area contributed by atoms with E-state index >= 15 is 0 Å². The summed E-state index contributed by atoms with van der Waals surface area (Å²) in [5, 5.41) is 0.394. The fourth-order valence-corrected chi connectivity index (χ4v) is 5.15. The molecule has 2 aromatic rings. The molecule has 188 valence electrons. The van der Waals surface area contributed by atoms with E-state index < -0.39 is 27.6 Å². The van der Waals surface area contributed by atoms with Crippen molar-refractivity contribution in [2.24, 2.45) is 0 Å². The number of hydrogen-bond acceptors (Lipinski definition) is 7. The minimum Gasteiger partial charge on any atom is -0.598 e. The number of nitrogens with one attached hydrogen (secondary N) is 1. The van der Waals surface area contributed by atoms with Crippen molar-refractivity contribution in [1.29, 1.82) is 0 Å². The Morgan fingerprint density at radius 2 is 1.91 bits per heavy atom. The third-order valence-corrected chi connectivity index (χ3v) is 8.36. The first-order chi connectivity index (χ1) is 15.8. The summed E-state index contributed by atoms with van der Waals surface area (Å²) in [7, 11) is 0. The van der Waals surface area contributed by atoms with Crippen LogP contribution in [-0.2, 0) is 39.4 Å². The standard InChI is InChI=1S/C23H31BrFN3O4S2/c1-7-32-18(29)14-28-20(30)19(24)17(26-21(28)33-6)12-13-23(5,27-34(31)22(2,3)4)15-8-10-16(25)11-9-15/h8-11,27H,7,12-14H2,1-6H3/t23-,34?/m1/s1. The molecule has 1 aromatic heterocycles. The third-order valence-electron chi connectivity index (χ3n) is 5.14. The number of nitrogens with zero attached hydrogens (tertiary/aromatic N) is 2. The van der Waals surface area contributed by atoms with E-state index in [4.69, 9.17) is 4.74 Å². The molecule has 0 saturated carbocycles. The lowest BCUT2D eigenvalue weighted by molar-refractivity contribution is -0.144. The Hall–Kier alpha value is -1.40. The van der Waals surface area contributed by atoms with Crippen LogP contribution in [0.4, 0.5) is 4.39 Å². The molecule has 0 aliphatic carbocycles. The van der Waals surface area contributed by atoms with Gasteiger partial charge in [0.25, 0.3) is 5.56 Å². The van der Waals surface area contributed by atoms with E-state index in [1.165, 1.54) is 28.5 Å². The normalized spacial score (nSPS) is 14.5. The third kappa shape index (κ3) is 7.30. The second kappa shape index (κ2) is 12.0. The topological polar surface area (TPSA) is 96.3 Å². The van der Waals surface area contributed by atoms with Crippen molar-refractivity contribution >= 4 is 45.0 Å². The number of carbonyl (C=O) groups is 1. The molecule has 0 bridgehead atoms. The van der Waals surface area contributed by atoms with Gasteiger partial charge in [-0.2, -0.15) is 0 Å². The van der Waals surface area contributed by atoms with Crippen molar-refractivity contribution in [2.75, 3.05) is 12.9 Å². The molecule has 2 rings (SSSR count). The zero-order valence-electron chi connectivity index (χ0n) is 20.2. The van der Waals surface area contributed by atoms with Crippen LogP contribution in [0.25, 0.3) is 0 Å². The predicted octanol–water partition coefficient (Wildman–Crippen LogP) is 4.33. The summed E-state index contributed by atoms with van der Waals surface area (Å²) in [5.41, 5.74) is 0.123. The van der Waals surface area contributed by atoms with Gasteiger partial charge >= 0.3 is 5.97 Å². The lowest BCUT2D eigenvalue weighted by Crippen LogP contribution is -2.50. The van der Waals surface area contributed by atoms with Crippen molar-refractivity contribution in [3.63, 3.8) is 0 Å². The van der Waals surface area contributed by atoms with E-state index in [0.29, 0.717) is 23.7 Å². The van der Waals surface area contributed by atoms with E-state index in [1.807, 2.05) is 27.7 Å². The second-order valence-electron chi connectivity index (χ2n) is 8.88. The van der Waals surface area contributed by atoms with Crippen LogP contribution in [-0.4, -0.2) is 37.7 Å². The molecule has 7 nitrogen and oxygen atoms in total. The van der Waals surface area contributed by atoms with Crippen molar-refractivity contribution in [3.8, 4) is 0 Å². The van der Waals surface area contributed by atoms with Gasteiger partial charge in [0.05, 0.1) is 17.8 Å². The van der Waals surface area contributed by atoms with Crippen LogP contribution < -0.4 is 10.3 Å². The minimum atomic E-state index is -1.40. The average Bonchev–Trinajstić information content (AvgIpc) is 2.76. The number of ether oxygens (including phenoxy) is 1. The van der Waals surface area contributed by atoms with E-state index in [0.717, 1.165) is 5.56 Å². The van der Waals surface area contributed by atoms with Crippen molar-refractivity contribution < 1.29 is 18.5 Å². The molecular weight excluding hydrogens is 545 g/mol. The maximum absolute atomic E-state index is 13.6. The van der Waals surface area contributed by atoms with Crippen molar-refractivity contribution in [2.45, 2.75) is 69.4 Å². The van der Waals surface area contributed by atoms with E-state index in [1.54, 1.807) is 25.3 Å². The summed E-state index contributed by atoms with van der Waals surface area (Å²) < 4.78 is 35.7. The zero-order chi connectivity index (χ0) is 25.7. The number of carbonyl (C=O) groups excluding carboxylic acids is 1. The number of thioether (sulfide) groups is 1. The molecule has 0 fully saturated rings. The molecule has 1 aromatic carbocycles. The van der Waals surface area contributed by atoms with Gasteiger partial charge in [-0.25, -0.2) is 9.37 Å². The van der Waals surface area contributed by atoms with Crippen LogP contribution in [0.15, 0.2) is 38.7 Å². The number of halogens is 2. The summed E-state index contributed by atoms with van der Waals surface area (Å²) in [5.74, 6) is -0.874. The lowest BCUT2D eigenvalue weighted by atomic mass is 9.88. The Morgan fingerprint density at radius 3 is 2.44 bits per heavy atom. The molecule has 0 aliphatic rings. The molecule has 1 heterocycles. The number of esters is 1. The molecule has 34 heavy (non-hydrogen) atoms. The number of aryl methyl sites for hydroxylation is 1. The summed E-state index contributed by atoms with van der Waals surface area (Å²) >= 11 is 3.21. The summed E-state index contributed by atoms with van der Waals surface area (Å²) in [6, 6.07) is 6.06. The molecule has 0 saturated heterocycles. The van der Waals surface area contributed by atoms with Gasteiger partial charge in [0.1, 0.15) is 21.6 Å². The maximum Gasteiger partial charge on any atom is 0.326 e. The predicted molar refractivity (Wildman–Crippen MR) is 138 cm³/mol. The Labute approximate surface area is 215 Å². The highest BCUT2D eigenvalue weighted by Crippen LogP contribution is 2.31. The number of rotatable bonds is 10. The molecule has 11 heteroatoms. The SMILES string of the molecule is CCOC(=O)Cn1c(SC)nc(CC[C@@](C)(N[S+]([O-])C(C)(C)C)c2ccc(F)cc2)c(Br)c1=O. The maximum atomic E-state index is 13.6. The molecule has 0 radical (unpaired) electrons. The van der Waals surface area contributed by atoms with Gasteiger partial charge in [0, 0.05) is 11.4 Å². The highest BCUT2D eigenvalue weighted by atomic mass is 79.9. The van der Waals surface area contributed by atoms with Crippen molar-refractivity contribution in [1.82, 2.24) is 14.3 Å². The van der Waals surface area contributed by atoms with E-state index in [9.17, 15) is 18.5 Å². The molecule has 0 spiro atoms. The Morgan fingerprint density at radius 1 is 1.29 bits per heavy atom. The van der Waals surface area contributed by atoms with Crippen LogP contribution in [0.5, 0.6) is 0 Å². The summed E-state index contributed by atoms with van der Waals surface area (Å²) in [6.45, 7) is 9.20. The Kier molecular flexibility index (Phi) is 10.2. The van der Waals surface area contributed by atoms with Gasteiger partial charge < -0.3 is 9.29 Å². The number of benzene rings is 1. The molecule has 0 aliphatic heterocycles. The Bertz CT molecular complexity index is 1060. The first kappa shape index (κ1) is 28.8. The first-order valence-electron chi connectivity index (χ1n) is 10.8. The van der Waals surface area contributed by atoms with Crippen LogP contribution in [0.2, 0.25) is 0 Å². The average molecular weight is 577 g/mol. The minimum absolute atomic E-state index is 0.222. The van der Waals surface area contributed by atoms with E-state index in [2.05, 4.69) is 25.6 Å². The van der Waals surface area contributed by atoms with E-state index in [-0.39, 0.29) is 29.0 Å². The highest BCUT2D eigenvalue weighted by molar-refractivity contribution is 9.10. The number of hydrogen-bond donors (Lipinski definition) is 1. The van der Waals surface area contributed by atoms with Crippen LogP contribution in [0, 0.1) is 5.82 Å². The molecule has 1 N–H and O–H groups in total. The largest absolute Gasteiger partial charge is 0.598 e. The fourth-order valence-electron chi connectivity index (χ4n) is 3.15. The smallest absolute Gasteiger partial charge is 0.326 e. The molecule has 1 unspecified atom stereocenters. The summed E-state index contributed by atoms with van der Waals surface area (Å²) in [6.07, 6.45) is 2.57. The van der Waals surface area contributed by atoms with Crippen LogP contribution in [0.1, 0.15) is 52.3 Å². The van der Waals surface area contributed by atoms with Gasteiger partial charge in [-0.15, -0.1) is 4.72 Å². The van der Waals surface area contributed by atoms with Crippen molar-refractivity contribution in [3.05, 3.63) is 56.2 Å². The quantitative estimate of drug-likeness (QED) is 0.195. The zero-order valence-corrected chi connectivity index (χ0v) is 23.5. The fraction of sp³-hybridized carbons (Fsp3) is 0.522. The van der Waals surface area contributed by atoms with Crippen LogP contribution in [0.3, 0.4) is 0 Å².